The Labute approximate surface area is 125 Å². The third-order valence-corrected chi connectivity index (χ3v) is 4.07. The molecular weight excluding hydrogens is 270 g/mol. The molecule has 0 spiro atoms. The highest BCUT2D eigenvalue weighted by Crippen LogP contribution is 2.26. The van der Waals surface area contributed by atoms with Gasteiger partial charge < -0.3 is 14.9 Å². The zero-order valence-corrected chi connectivity index (χ0v) is 12.4. The molecule has 116 valence electrons. The van der Waals surface area contributed by atoms with Crippen molar-refractivity contribution < 1.29 is 19.7 Å². The Morgan fingerprint density at radius 1 is 1.43 bits per heavy atom. The molecule has 1 aromatic rings. The molecule has 5 heteroatoms. The summed E-state index contributed by atoms with van der Waals surface area (Å²) in [6.07, 6.45) is 3.59. The van der Waals surface area contributed by atoms with Gasteiger partial charge in [0.1, 0.15) is 5.75 Å². The summed E-state index contributed by atoms with van der Waals surface area (Å²) >= 11 is 0. The lowest BCUT2D eigenvalue weighted by Gasteiger charge is -2.29. The van der Waals surface area contributed by atoms with Crippen LogP contribution < -0.4 is 4.74 Å². The molecule has 1 unspecified atom stereocenters. The van der Waals surface area contributed by atoms with Gasteiger partial charge in [-0.3, -0.25) is 9.69 Å². The van der Waals surface area contributed by atoms with Crippen LogP contribution in [0.25, 0.3) is 0 Å². The summed E-state index contributed by atoms with van der Waals surface area (Å²) in [5.41, 5.74) is 0.753. The van der Waals surface area contributed by atoms with Gasteiger partial charge in [0.2, 0.25) is 0 Å². The van der Waals surface area contributed by atoms with Gasteiger partial charge >= 0.3 is 5.97 Å². The molecule has 5 nitrogen and oxygen atoms in total. The van der Waals surface area contributed by atoms with Crippen molar-refractivity contribution in [3.8, 4) is 5.75 Å². The lowest BCUT2D eigenvalue weighted by atomic mass is 10.1. The first kappa shape index (κ1) is 15.8. The summed E-state index contributed by atoms with van der Waals surface area (Å²) in [7, 11) is 1.58. The van der Waals surface area contributed by atoms with E-state index in [0.717, 1.165) is 31.2 Å². The van der Waals surface area contributed by atoms with Gasteiger partial charge in [-0.05, 0) is 30.5 Å². The molecule has 0 heterocycles. The molecule has 0 amide bonds. The summed E-state index contributed by atoms with van der Waals surface area (Å²) in [5.74, 6) is -0.156. The first-order valence-electron chi connectivity index (χ1n) is 7.38. The van der Waals surface area contributed by atoms with Gasteiger partial charge in [-0.2, -0.15) is 0 Å². The maximum Gasteiger partial charge on any atom is 0.317 e. The van der Waals surface area contributed by atoms with Crippen molar-refractivity contribution in [2.45, 2.75) is 37.8 Å². The summed E-state index contributed by atoms with van der Waals surface area (Å²) in [4.78, 5) is 12.9. The Balaban J connectivity index is 2.05. The smallest absolute Gasteiger partial charge is 0.317 e. The molecule has 1 aliphatic carbocycles. The average Bonchev–Trinajstić information content (AvgIpc) is 3.00. The summed E-state index contributed by atoms with van der Waals surface area (Å²) in [6, 6.07) is 7.54. The standard InChI is InChI=1S/C16H23NO4/c1-21-14-8-4-5-12(9-14)15(18)10-17(11-16(19)20)13-6-2-3-7-13/h4-5,8-9,13,15,18H,2-3,6-7,10-11H2,1H3,(H,19,20). The number of ether oxygens (including phenoxy) is 1. The van der Waals surface area contributed by atoms with Gasteiger partial charge in [-0.25, -0.2) is 0 Å². The van der Waals surface area contributed by atoms with Crippen LogP contribution >= 0.6 is 0 Å². The van der Waals surface area contributed by atoms with E-state index in [1.165, 1.54) is 0 Å². The zero-order valence-electron chi connectivity index (χ0n) is 12.4. The van der Waals surface area contributed by atoms with Crippen molar-refractivity contribution in [1.29, 1.82) is 0 Å². The molecule has 0 aromatic heterocycles. The second kappa shape index (κ2) is 7.43. The number of carbonyl (C=O) groups is 1. The number of hydrogen-bond donors (Lipinski definition) is 2. The molecule has 1 aliphatic rings. The maximum atomic E-state index is 11.0. The van der Waals surface area contributed by atoms with Crippen molar-refractivity contribution in [3.05, 3.63) is 29.8 Å². The minimum atomic E-state index is -0.847. The van der Waals surface area contributed by atoms with Crippen molar-refractivity contribution in [2.24, 2.45) is 0 Å². The van der Waals surface area contributed by atoms with Crippen molar-refractivity contribution >= 4 is 5.97 Å². The third-order valence-electron chi connectivity index (χ3n) is 4.07. The lowest BCUT2D eigenvalue weighted by molar-refractivity contribution is -0.139. The van der Waals surface area contributed by atoms with Crippen LogP contribution in [0.5, 0.6) is 5.75 Å². The van der Waals surface area contributed by atoms with E-state index in [0.29, 0.717) is 12.3 Å². The van der Waals surface area contributed by atoms with Crippen LogP contribution in [0.2, 0.25) is 0 Å². The number of aliphatic carboxylic acids is 1. The monoisotopic (exact) mass is 293 g/mol. The third kappa shape index (κ3) is 4.44. The minimum Gasteiger partial charge on any atom is -0.497 e. The highest BCUT2D eigenvalue weighted by atomic mass is 16.5. The molecular formula is C16H23NO4. The Bertz CT molecular complexity index is 471. The normalized spacial score (nSPS) is 17.1. The maximum absolute atomic E-state index is 11.0. The van der Waals surface area contributed by atoms with E-state index in [1.807, 2.05) is 23.1 Å². The quantitative estimate of drug-likeness (QED) is 0.805. The van der Waals surface area contributed by atoms with Crippen LogP contribution in [0.3, 0.4) is 0 Å². The Kier molecular flexibility index (Phi) is 5.59. The van der Waals surface area contributed by atoms with Gasteiger partial charge in [-0.15, -0.1) is 0 Å². The molecule has 1 aromatic carbocycles. The summed E-state index contributed by atoms with van der Waals surface area (Å²) < 4.78 is 5.16. The second-order valence-corrected chi connectivity index (χ2v) is 5.55. The average molecular weight is 293 g/mol. The van der Waals surface area contributed by atoms with Crippen molar-refractivity contribution in [3.63, 3.8) is 0 Å². The Morgan fingerprint density at radius 2 is 2.14 bits per heavy atom. The Morgan fingerprint density at radius 3 is 2.76 bits per heavy atom. The summed E-state index contributed by atoms with van der Waals surface area (Å²) in [6.45, 7) is 0.315. The molecule has 1 saturated carbocycles. The first-order chi connectivity index (χ1) is 10.1. The number of nitrogens with zero attached hydrogens (tertiary/aromatic N) is 1. The van der Waals surface area contributed by atoms with Crippen molar-refractivity contribution in [1.82, 2.24) is 4.90 Å². The number of rotatable bonds is 7. The van der Waals surface area contributed by atoms with Crippen LogP contribution in [-0.2, 0) is 4.79 Å². The van der Waals surface area contributed by atoms with E-state index in [-0.39, 0.29) is 12.6 Å². The second-order valence-electron chi connectivity index (χ2n) is 5.55. The number of carboxylic acids is 1. The van der Waals surface area contributed by atoms with E-state index in [2.05, 4.69) is 0 Å². The number of carboxylic acid groups (broad SMARTS) is 1. The van der Waals surface area contributed by atoms with Crippen LogP contribution in [0, 0.1) is 0 Å². The predicted octanol–water partition coefficient (Wildman–Crippen LogP) is 2.06. The number of benzene rings is 1. The van der Waals surface area contributed by atoms with Gasteiger partial charge in [0.05, 0.1) is 19.8 Å². The van der Waals surface area contributed by atoms with Crippen LogP contribution in [-0.4, -0.2) is 47.3 Å². The number of aliphatic hydroxyl groups is 1. The fraction of sp³-hybridized carbons (Fsp3) is 0.562. The first-order valence-corrected chi connectivity index (χ1v) is 7.38. The SMILES string of the molecule is COc1cccc(C(O)CN(CC(=O)O)C2CCCC2)c1. The van der Waals surface area contributed by atoms with Gasteiger partial charge in [0.15, 0.2) is 0 Å². The molecule has 0 radical (unpaired) electrons. The van der Waals surface area contributed by atoms with Gasteiger partial charge in [0.25, 0.3) is 0 Å². The van der Waals surface area contributed by atoms with Gasteiger partial charge in [0, 0.05) is 12.6 Å². The number of hydrogen-bond acceptors (Lipinski definition) is 4. The van der Waals surface area contributed by atoms with E-state index < -0.39 is 12.1 Å². The van der Waals surface area contributed by atoms with E-state index in [9.17, 15) is 9.90 Å². The van der Waals surface area contributed by atoms with E-state index in [1.54, 1.807) is 13.2 Å². The molecule has 0 bridgehead atoms. The van der Waals surface area contributed by atoms with Crippen LogP contribution in [0.1, 0.15) is 37.4 Å². The Hall–Kier alpha value is -1.59. The molecule has 2 N–H and O–H groups in total. The van der Waals surface area contributed by atoms with Gasteiger partial charge in [-0.1, -0.05) is 25.0 Å². The molecule has 1 atom stereocenters. The largest absolute Gasteiger partial charge is 0.497 e. The zero-order chi connectivity index (χ0) is 15.2. The molecule has 0 aliphatic heterocycles. The lowest BCUT2D eigenvalue weighted by Crippen LogP contribution is -2.40. The number of aliphatic hydroxyl groups excluding tert-OH is 1. The molecule has 21 heavy (non-hydrogen) atoms. The predicted molar refractivity (Wildman–Crippen MR) is 79.4 cm³/mol. The highest BCUT2D eigenvalue weighted by Gasteiger charge is 2.26. The minimum absolute atomic E-state index is 0.0221. The summed E-state index contributed by atoms with van der Waals surface area (Å²) in [5, 5.41) is 19.5. The van der Waals surface area contributed by atoms with E-state index >= 15 is 0 Å². The molecule has 0 saturated heterocycles. The van der Waals surface area contributed by atoms with Crippen LogP contribution in [0.4, 0.5) is 0 Å². The fourth-order valence-corrected chi connectivity index (χ4v) is 2.96. The highest BCUT2D eigenvalue weighted by molar-refractivity contribution is 5.69. The topological polar surface area (TPSA) is 70.0 Å². The molecule has 1 fully saturated rings. The van der Waals surface area contributed by atoms with Crippen LogP contribution in [0.15, 0.2) is 24.3 Å². The van der Waals surface area contributed by atoms with E-state index in [4.69, 9.17) is 9.84 Å². The molecule has 2 rings (SSSR count). The van der Waals surface area contributed by atoms with Crippen molar-refractivity contribution in [2.75, 3.05) is 20.2 Å². The fourth-order valence-electron chi connectivity index (χ4n) is 2.96. The number of methoxy groups -OCH3 is 1.